The fourth-order valence-corrected chi connectivity index (χ4v) is 8.05. The first-order chi connectivity index (χ1) is 28.6. The fraction of sp³-hybridized carbons (Fsp3) is 0.245. The van der Waals surface area contributed by atoms with E-state index in [0.717, 1.165) is 39.8 Å². The minimum Gasteiger partial charge on any atom is -0.374 e. The standard InChI is InChI=1S/C53H52O5/c1-38-28-29-44(30-46-32-45-26-16-7-17-27-47(45)39(46)2)31-48(38)50-52(56-35-42-22-12-5-13-23-42)53(57-36-43-24-14-6-15-25-43)51(55-34-41-20-10-4-11-21-41)49(58-50)37-54-33-40-18-8-3-9-19-40/h3-29,31-32,49-53H,30,33-37H2,1-2H3/t49-,50+,51-,52+,53+/m1/s1. The smallest absolute Gasteiger partial charge is 0.117 e. The van der Waals surface area contributed by atoms with Crippen molar-refractivity contribution in [1.29, 1.82) is 0 Å². The predicted octanol–water partition coefficient (Wildman–Crippen LogP) is 11.4. The summed E-state index contributed by atoms with van der Waals surface area (Å²) < 4.78 is 34.8. The van der Waals surface area contributed by atoms with E-state index >= 15 is 0 Å². The Kier molecular flexibility index (Phi) is 13.2. The van der Waals surface area contributed by atoms with Crippen LogP contribution in [0.4, 0.5) is 0 Å². The van der Waals surface area contributed by atoms with Gasteiger partial charge in [0.15, 0.2) is 0 Å². The first kappa shape index (κ1) is 39.4. The van der Waals surface area contributed by atoms with Crippen LogP contribution in [-0.2, 0) is 56.5 Å². The minimum absolute atomic E-state index is 0.316. The van der Waals surface area contributed by atoms with E-state index in [1.165, 1.54) is 27.8 Å². The van der Waals surface area contributed by atoms with Crippen molar-refractivity contribution in [2.45, 2.75) is 77.2 Å². The van der Waals surface area contributed by atoms with E-state index in [1.54, 1.807) is 0 Å². The quantitative estimate of drug-likeness (QED) is 0.0980. The molecule has 1 heterocycles. The zero-order chi connectivity index (χ0) is 39.5. The third kappa shape index (κ3) is 9.82. The summed E-state index contributed by atoms with van der Waals surface area (Å²) in [6.07, 6.45) is -1.62. The molecular formula is C53H52O5. The lowest BCUT2D eigenvalue weighted by Gasteiger charge is -2.47. The molecule has 0 spiro atoms. The molecule has 2 aliphatic carbocycles. The molecule has 3 aliphatic rings. The van der Waals surface area contributed by atoms with E-state index in [4.69, 9.17) is 23.7 Å². The Hall–Kier alpha value is -5.40. The highest BCUT2D eigenvalue weighted by Gasteiger charge is 2.49. The van der Waals surface area contributed by atoms with Crippen molar-refractivity contribution in [2.24, 2.45) is 0 Å². The second-order valence-electron chi connectivity index (χ2n) is 15.3. The molecule has 0 bridgehead atoms. The van der Waals surface area contributed by atoms with Gasteiger partial charge in [-0.25, -0.2) is 0 Å². The van der Waals surface area contributed by atoms with Crippen molar-refractivity contribution in [1.82, 2.24) is 0 Å². The molecule has 0 aromatic heterocycles. The Bertz CT molecular complexity index is 2280. The van der Waals surface area contributed by atoms with Gasteiger partial charge in [0, 0.05) is 0 Å². The highest BCUT2D eigenvalue weighted by molar-refractivity contribution is 5.73. The lowest BCUT2D eigenvalue weighted by Crippen LogP contribution is -2.58. The second-order valence-corrected chi connectivity index (χ2v) is 15.3. The van der Waals surface area contributed by atoms with Gasteiger partial charge in [0.25, 0.3) is 0 Å². The molecule has 294 valence electrons. The van der Waals surface area contributed by atoms with E-state index in [9.17, 15) is 0 Å². The van der Waals surface area contributed by atoms with E-state index in [2.05, 4.69) is 117 Å². The van der Waals surface area contributed by atoms with Gasteiger partial charge in [-0.05, 0) is 81.5 Å². The maximum Gasteiger partial charge on any atom is 0.117 e. The largest absolute Gasteiger partial charge is 0.374 e. The monoisotopic (exact) mass is 768 g/mol. The molecule has 0 radical (unpaired) electrons. The molecule has 1 saturated heterocycles. The van der Waals surface area contributed by atoms with E-state index in [1.807, 2.05) is 72.8 Å². The molecule has 0 unspecified atom stereocenters. The third-order valence-electron chi connectivity index (χ3n) is 11.2. The van der Waals surface area contributed by atoms with Crippen LogP contribution in [0.2, 0.25) is 0 Å². The molecule has 1 aliphatic heterocycles. The van der Waals surface area contributed by atoms with Crippen LogP contribution in [0, 0.1) is 13.8 Å². The molecule has 5 nitrogen and oxygen atoms in total. The number of fused-ring (bicyclic) bond motifs is 1. The van der Waals surface area contributed by atoms with Gasteiger partial charge in [-0.1, -0.05) is 176 Å². The average molecular weight is 769 g/mol. The predicted molar refractivity (Wildman–Crippen MR) is 231 cm³/mol. The molecule has 1 fully saturated rings. The van der Waals surface area contributed by atoms with Gasteiger partial charge in [0.05, 0.1) is 33.0 Å². The molecule has 0 amide bonds. The molecule has 5 aromatic rings. The maximum atomic E-state index is 7.31. The van der Waals surface area contributed by atoms with Crippen LogP contribution >= 0.6 is 0 Å². The van der Waals surface area contributed by atoms with E-state index < -0.39 is 30.5 Å². The Balaban J connectivity index is 1.18. The van der Waals surface area contributed by atoms with E-state index in [-0.39, 0.29) is 0 Å². The highest BCUT2D eigenvalue weighted by Crippen LogP contribution is 2.41. The average Bonchev–Trinajstić information content (AvgIpc) is 3.39. The Morgan fingerprint density at radius 1 is 0.466 bits per heavy atom. The van der Waals surface area contributed by atoms with Gasteiger partial charge in [-0.2, -0.15) is 0 Å². The zero-order valence-corrected chi connectivity index (χ0v) is 33.4. The Labute approximate surface area is 343 Å². The normalized spacial score (nSPS) is 19.3. The summed E-state index contributed by atoms with van der Waals surface area (Å²) in [4.78, 5) is 0. The first-order valence-electron chi connectivity index (χ1n) is 20.4. The van der Waals surface area contributed by atoms with E-state index in [0.29, 0.717) is 33.0 Å². The van der Waals surface area contributed by atoms with Crippen LogP contribution in [0.25, 0.3) is 11.1 Å². The van der Waals surface area contributed by atoms with Gasteiger partial charge in [-0.3, -0.25) is 0 Å². The summed E-state index contributed by atoms with van der Waals surface area (Å²) in [5.74, 6) is 0. The number of hydrogen-bond donors (Lipinski definition) is 0. The topological polar surface area (TPSA) is 46.2 Å². The molecule has 5 atom stereocenters. The first-order valence-corrected chi connectivity index (χ1v) is 20.4. The van der Waals surface area contributed by atoms with Crippen LogP contribution in [0.1, 0.15) is 56.2 Å². The lowest BCUT2D eigenvalue weighted by molar-refractivity contribution is -0.275. The number of rotatable bonds is 16. The summed E-state index contributed by atoms with van der Waals surface area (Å²) in [5, 5.41) is 0. The molecule has 0 N–H and O–H groups in total. The number of aryl methyl sites for hydroxylation is 1. The summed E-state index contributed by atoms with van der Waals surface area (Å²) in [6.45, 7) is 6.36. The van der Waals surface area contributed by atoms with Crippen LogP contribution in [0.3, 0.4) is 0 Å². The molecule has 5 aromatic carbocycles. The van der Waals surface area contributed by atoms with Crippen molar-refractivity contribution in [3.63, 3.8) is 0 Å². The van der Waals surface area contributed by atoms with Crippen molar-refractivity contribution in [3.8, 4) is 11.1 Å². The van der Waals surface area contributed by atoms with Gasteiger partial charge < -0.3 is 23.7 Å². The summed E-state index contributed by atoms with van der Waals surface area (Å²) in [5.41, 5.74) is 12.9. The van der Waals surface area contributed by atoms with Crippen LogP contribution in [-0.4, -0.2) is 31.0 Å². The Morgan fingerprint density at radius 2 is 0.966 bits per heavy atom. The molecule has 5 heteroatoms. The van der Waals surface area contributed by atoms with Gasteiger partial charge >= 0.3 is 0 Å². The SMILES string of the molecule is Cc1ccc(Cc2cc3cccccc-3c2C)cc1[C@@H]1O[C@H](COCc2ccccc2)[C@@H](OCc2ccccc2)[C@H](OCc2ccccc2)[C@H]1OCc1ccccc1. The van der Waals surface area contributed by atoms with Gasteiger partial charge in [0.1, 0.15) is 30.5 Å². The zero-order valence-electron chi connectivity index (χ0n) is 33.4. The molecule has 8 rings (SSSR count). The van der Waals surface area contributed by atoms with Gasteiger partial charge in [-0.15, -0.1) is 0 Å². The highest BCUT2D eigenvalue weighted by atomic mass is 16.6. The molecule has 58 heavy (non-hydrogen) atoms. The maximum absolute atomic E-state index is 7.31. The van der Waals surface area contributed by atoms with Crippen molar-refractivity contribution in [2.75, 3.05) is 6.61 Å². The van der Waals surface area contributed by atoms with Crippen molar-refractivity contribution in [3.05, 3.63) is 226 Å². The second kappa shape index (κ2) is 19.4. The summed E-state index contributed by atoms with van der Waals surface area (Å²) in [6, 6.07) is 61.0. The van der Waals surface area contributed by atoms with Crippen LogP contribution in [0.5, 0.6) is 0 Å². The van der Waals surface area contributed by atoms with Crippen molar-refractivity contribution < 1.29 is 23.7 Å². The minimum atomic E-state index is -0.507. The molecule has 0 saturated carbocycles. The third-order valence-corrected chi connectivity index (χ3v) is 11.2. The summed E-state index contributed by atoms with van der Waals surface area (Å²) in [7, 11) is 0. The van der Waals surface area contributed by atoms with Crippen LogP contribution < -0.4 is 0 Å². The van der Waals surface area contributed by atoms with Crippen molar-refractivity contribution >= 4 is 0 Å². The lowest BCUT2D eigenvalue weighted by atomic mass is 9.87. The number of hydrogen-bond acceptors (Lipinski definition) is 5. The fourth-order valence-electron chi connectivity index (χ4n) is 8.05. The molecular weight excluding hydrogens is 717 g/mol. The van der Waals surface area contributed by atoms with Gasteiger partial charge in [0.2, 0.25) is 0 Å². The number of benzene rings is 5. The summed E-state index contributed by atoms with van der Waals surface area (Å²) >= 11 is 0. The Morgan fingerprint density at radius 3 is 1.55 bits per heavy atom. The number of ether oxygens (including phenoxy) is 5. The van der Waals surface area contributed by atoms with Crippen LogP contribution in [0.15, 0.2) is 176 Å².